The number of benzene rings is 1. The Morgan fingerprint density at radius 2 is 2.07 bits per heavy atom. The minimum atomic E-state index is -1.06. The van der Waals surface area contributed by atoms with Gasteiger partial charge in [-0.25, -0.2) is 13.8 Å². The molecule has 1 aliphatic rings. The third-order valence-corrected chi connectivity index (χ3v) is 5.09. The largest absolute Gasteiger partial charge is 0.329 e. The number of hydrogen-bond donors (Lipinski definition) is 2. The van der Waals surface area contributed by atoms with Gasteiger partial charge in [-0.05, 0) is 42.6 Å². The van der Waals surface area contributed by atoms with Gasteiger partial charge in [-0.3, -0.25) is 15.6 Å². The molecule has 2 aromatic rings. The van der Waals surface area contributed by atoms with Crippen LogP contribution in [0, 0.1) is 29.4 Å². The van der Waals surface area contributed by atoms with Crippen LogP contribution in [0.25, 0.3) is 0 Å². The van der Waals surface area contributed by atoms with Gasteiger partial charge in [0.1, 0.15) is 11.7 Å². The summed E-state index contributed by atoms with van der Waals surface area (Å²) in [6, 6.07) is 2.24. The maximum absolute atomic E-state index is 13.8. The van der Waals surface area contributed by atoms with Gasteiger partial charge in [0.15, 0.2) is 22.5 Å². The predicted octanol–water partition coefficient (Wildman–Crippen LogP) is 2.45. The number of rotatable bonds is 3. The Morgan fingerprint density at radius 3 is 2.67 bits per heavy atom. The fourth-order valence-electron chi connectivity index (χ4n) is 2.84. The van der Waals surface area contributed by atoms with Crippen molar-refractivity contribution in [2.75, 3.05) is 19.6 Å². The zero-order chi connectivity index (χ0) is 19.7. The maximum atomic E-state index is 13.8. The van der Waals surface area contributed by atoms with Gasteiger partial charge in [0.2, 0.25) is 0 Å². The molecule has 0 bridgehead atoms. The Morgan fingerprint density at radius 1 is 1.33 bits per heavy atom. The fraction of sp³-hybridized carbons (Fsp3) is 0.353. The van der Waals surface area contributed by atoms with Crippen molar-refractivity contribution in [1.29, 1.82) is 10.8 Å². The van der Waals surface area contributed by atoms with Crippen LogP contribution in [0.2, 0.25) is 0 Å². The van der Waals surface area contributed by atoms with Crippen molar-refractivity contribution in [3.05, 3.63) is 45.7 Å². The smallest absolute Gasteiger partial charge is 0.254 e. The molecule has 0 atom stereocenters. The average molecular weight is 392 g/mol. The van der Waals surface area contributed by atoms with Crippen LogP contribution in [0.4, 0.5) is 8.78 Å². The Balaban J connectivity index is 1.74. The van der Waals surface area contributed by atoms with Gasteiger partial charge in [-0.15, -0.1) is 0 Å². The molecule has 0 aliphatic carbocycles. The first-order chi connectivity index (χ1) is 12.8. The van der Waals surface area contributed by atoms with Crippen LogP contribution in [0.3, 0.4) is 0 Å². The number of nitrogens with zero attached hydrogens (tertiary/aromatic N) is 4. The third kappa shape index (κ3) is 3.70. The van der Waals surface area contributed by atoms with Gasteiger partial charge in [0.25, 0.3) is 5.91 Å². The van der Waals surface area contributed by atoms with Crippen molar-refractivity contribution in [2.24, 2.45) is 0 Å². The molecule has 7 nitrogen and oxygen atoms in total. The topological polar surface area (TPSA) is 97.0 Å². The number of piperazine rings is 1. The average Bonchev–Trinajstić information content (AvgIpc) is 3.09. The summed E-state index contributed by atoms with van der Waals surface area (Å²) < 4.78 is 31.5. The van der Waals surface area contributed by atoms with Crippen molar-refractivity contribution in [1.82, 2.24) is 19.2 Å². The molecule has 1 fully saturated rings. The summed E-state index contributed by atoms with van der Waals surface area (Å²) in [7, 11) is 0. The maximum Gasteiger partial charge on any atom is 0.254 e. The van der Waals surface area contributed by atoms with Gasteiger partial charge in [0.05, 0.1) is 6.54 Å². The van der Waals surface area contributed by atoms with E-state index in [1.165, 1.54) is 15.9 Å². The lowest BCUT2D eigenvalue weighted by molar-refractivity contribution is 0.0756. The van der Waals surface area contributed by atoms with E-state index in [2.05, 4.69) is 9.36 Å². The molecule has 1 saturated heterocycles. The molecule has 3 rings (SSSR count). The zero-order valence-corrected chi connectivity index (χ0v) is 15.7. The van der Waals surface area contributed by atoms with Crippen LogP contribution >= 0.6 is 11.5 Å². The van der Waals surface area contributed by atoms with E-state index in [0.29, 0.717) is 10.8 Å². The number of amidine groups is 2. The molecule has 1 aliphatic heterocycles. The molecule has 10 heteroatoms. The Labute approximate surface area is 158 Å². The molecule has 2 N–H and O–H groups in total. The summed E-state index contributed by atoms with van der Waals surface area (Å²) in [4.78, 5) is 19.7. The van der Waals surface area contributed by atoms with Crippen molar-refractivity contribution < 1.29 is 13.6 Å². The molecule has 2 heterocycles. The molecule has 0 saturated carbocycles. The molecular formula is C17H18F2N6OS. The Bertz CT molecular complexity index is 928. The summed E-state index contributed by atoms with van der Waals surface area (Å²) in [5.41, 5.74) is 0.197. The standard InChI is InChI=1S/C17H18F2N6OS/c1-3-10-6-11(7-12(18)14(10)19)17(26)24-4-5-25(13(20)8-24)15(21)16-22-9(2)23-27-16/h6-7,20-21H,3-5,8H2,1-2H3. The quantitative estimate of drug-likeness (QED) is 0.619. The number of halogens is 2. The molecule has 1 aromatic carbocycles. The van der Waals surface area contributed by atoms with Gasteiger partial charge < -0.3 is 9.80 Å². The van der Waals surface area contributed by atoms with E-state index in [0.717, 1.165) is 17.6 Å². The van der Waals surface area contributed by atoms with Crippen LogP contribution in [0.5, 0.6) is 0 Å². The van der Waals surface area contributed by atoms with E-state index in [4.69, 9.17) is 10.8 Å². The van der Waals surface area contributed by atoms with E-state index in [1.54, 1.807) is 13.8 Å². The lowest BCUT2D eigenvalue weighted by atomic mass is 10.1. The molecule has 0 spiro atoms. The van der Waals surface area contributed by atoms with Crippen LogP contribution < -0.4 is 0 Å². The second-order valence-electron chi connectivity index (χ2n) is 6.11. The van der Waals surface area contributed by atoms with E-state index in [9.17, 15) is 13.6 Å². The molecule has 1 aromatic heterocycles. The van der Waals surface area contributed by atoms with Gasteiger partial charge >= 0.3 is 0 Å². The van der Waals surface area contributed by atoms with Gasteiger partial charge in [-0.1, -0.05) is 6.92 Å². The van der Waals surface area contributed by atoms with Crippen LogP contribution in [-0.2, 0) is 6.42 Å². The number of nitrogens with one attached hydrogen (secondary N) is 2. The lowest BCUT2D eigenvalue weighted by Crippen LogP contribution is -2.53. The van der Waals surface area contributed by atoms with Gasteiger partial charge in [-0.2, -0.15) is 4.37 Å². The summed E-state index contributed by atoms with van der Waals surface area (Å²) >= 11 is 1.08. The first kappa shape index (κ1) is 19.0. The van der Waals surface area contributed by atoms with Crippen LogP contribution in [0.15, 0.2) is 12.1 Å². The van der Waals surface area contributed by atoms with E-state index < -0.39 is 17.5 Å². The third-order valence-electron chi connectivity index (χ3n) is 4.28. The van der Waals surface area contributed by atoms with E-state index in [1.807, 2.05) is 0 Å². The Hall–Kier alpha value is -2.75. The minimum Gasteiger partial charge on any atom is -0.329 e. The monoisotopic (exact) mass is 392 g/mol. The number of hydrogen-bond acceptors (Lipinski definition) is 6. The summed E-state index contributed by atoms with van der Waals surface area (Å²) in [5, 5.41) is 16.8. The molecule has 1 amide bonds. The molecule has 27 heavy (non-hydrogen) atoms. The summed E-state index contributed by atoms with van der Waals surface area (Å²) in [6.07, 6.45) is 0.270. The highest BCUT2D eigenvalue weighted by Gasteiger charge is 2.29. The van der Waals surface area contributed by atoms with Crippen LogP contribution in [0.1, 0.15) is 33.7 Å². The van der Waals surface area contributed by atoms with Crippen molar-refractivity contribution in [2.45, 2.75) is 20.3 Å². The fourth-order valence-corrected chi connectivity index (χ4v) is 3.47. The van der Waals surface area contributed by atoms with Gasteiger partial charge in [0, 0.05) is 18.7 Å². The lowest BCUT2D eigenvalue weighted by Gasteiger charge is -2.35. The zero-order valence-electron chi connectivity index (χ0n) is 14.8. The predicted molar refractivity (Wildman–Crippen MR) is 97.5 cm³/mol. The van der Waals surface area contributed by atoms with Crippen molar-refractivity contribution >= 4 is 29.1 Å². The summed E-state index contributed by atoms with van der Waals surface area (Å²) in [5.74, 6) is -1.77. The molecule has 0 unspecified atom stereocenters. The summed E-state index contributed by atoms with van der Waals surface area (Å²) in [6.45, 7) is 3.87. The van der Waals surface area contributed by atoms with Crippen molar-refractivity contribution in [3.8, 4) is 0 Å². The van der Waals surface area contributed by atoms with E-state index in [-0.39, 0.29) is 48.9 Å². The number of aromatic nitrogens is 2. The number of carbonyl (C=O) groups is 1. The van der Waals surface area contributed by atoms with Crippen LogP contribution in [-0.4, -0.2) is 56.4 Å². The number of carbonyl (C=O) groups excluding carboxylic acids is 1. The molecule has 0 radical (unpaired) electrons. The normalized spacial score (nSPS) is 14.6. The first-order valence-electron chi connectivity index (χ1n) is 8.33. The highest BCUT2D eigenvalue weighted by atomic mass is 32.1. The second-order valence-corrected chi connectivity index (χ2v) is 6.86. The second kappa shape index (κ2) is 7.47. The number of amides is 1. The minimum absolute atomic E-state index is 0.0283. The highest BCUT2D eigenvalue weighted by molar-refractivity contribution is 7.07. The number of aryl methyl sites for hydroxylation is 2. The Kier molecular flexibility index (Phi) is 5.26. The molecular weight excluding hydrogens is 374 g/mol. The van der Waals surface area contributed by atoms with Crippen molar-refractivity contribution in [3.63, 3.8) is 0 Å². The highest BCUT2D eigenvalue weighted by Crippen LogP contribution is 2.19. The SMILES string of the molecule is CCc1cc(C(=O)N2CCN(C(=N)c3nc(C)ns3)C(=N)C2)cc(F)c1F. The molecule has 142 valence electrons. The van der Waals surface area contributed by atoms with E-state index >= 15 is 0 Å². The first-order valence-corrected chi connectivity index (χ1v) is 9.10.